The van der Waals surface area contributed by atoms with Gasteiger partial charge in [0.15, 0.2) is 0 Å². The van der Waals surface area contributed by atoms with E-state index in [2.05, 4.69) is 26.2 Å². The molecule has 2 aromatic carbocycles. The second kappa shape index (κ2) is 5.61. The van der Waals surface area contributed by atoms with E-state index in [0.717, 1.165) is 9.86 Å². The molecule has 0 bridgehead atoms. The van der Waals surface area contributed by atoms with Gasteiger partial charge in [-0.2, -0.15) is 0 Å². The number of hydrogen-bond acceptors (Lipinski definition) is 2. The monoisotopic (exact) mass is 344 g/mol. The van der Waals surface area contributed by atoms with E-state index in [1.54, 1.807) is 24.4 Å². The molecular weight excluding hydrogens is 335 g/mol. The molecule has 0 saturated carbocycles. The standard InChI is InChI=1S/C16H10BrFN2O/c17-11-8-10-4-3-7-19-15(10)14(9-11)20-16(21)12-5-1-2-6-13(12)18/h1-9H,(H,20,21). The quantitative estimate of drug-likeness (QED) is 0.749. The summed E-state index contributed by atoms with van der Waals surface area (Å²) in [7, 11) is 0. The van der Waals surface area contributed by atoms with Crippen molar-refractivity contribution in [3.63, 3.8) is 0 Å². The third-order valence-corrected chi connectivity index (χ3v) is 3.49. The highest BCUT2D eigenvalue weighted by Gasteiger charge is 2.13. The maximum atomic E-state index is 13.7. The summed E-state index contributed by atoms with van der Waals surface area (Å²) in [4.78, 5) is 16.5. The van der Waals surface area contributed by atoms with Crippen molar-refractivity contribution in [2.45, 2.75) is 0 Å². The van der Waals surface area contributed by atoms with Crippen molar-refractivity contribution in [1.29, 1.82) is 0 Å². The first-order valence-electron chi connectivity index (χ1n) is 6.25. The van der Waals surface area contributed by atoms with E-state index < -0.39 is 11.7 Å². The zero-order valence-electron chi connectivity index (χ0n) is 10.8. The van der Waals surface area contributed by atoms with Crippen molar-refractivity contribution < 1.29 is 9.18 Å². The van der Waals surface area contributed by atoms with E-state index in [9.17, 15) is 9.18 Å². The number of nitrogens with one attached hydrogen (secondary N) is 1. The minimum atomic E-state index is -0.553. The van der Waals surface area contributed by atoms with Crippen LogP contribution in [-0.2, 0) is 0 Å². The molecule has 0 aliphatic rings. The predicted octanol–water partition coefficient (Wildman–Crippen LogP) is 4.39. The number of hydrogen-bond donors (Lipinski definition) is 1. The van der Waals surface area contributed by atoms with Crippen LogP contribution in [0.3, 0.4) is 0 Å². The van der Waals surface area contributed by atoms with Gasteiger partial charge < -0.3 is 5.32 Å². The van der Waals surface area contributed by atoms with Gasteiger partial charge in [-0.1, -0.05) is 34.1 Å². The Morgan fingerprint density at radius 3 is 2.76 bits per heavy atom. The summed E-state index contributed by atoms with van der Waals surface area (Å²) >= 11 is 3.39. The van der Waals surface area contributed by atoms with Crippen LogP contribution in [0, 0.1) is 5.82 Å². The Balaban J connectivity index is 2.02. The van der Waals surface area contributed by atoms with Crippen molar-refractivity contribution in [3.8, 4) is 0 Å². The number of amides is 1. The SMILES string of the molecule is O=C(Nc1cc(Br)cc2cccnc12)c1ccccc1F. The summed E-state index contributed by atoms with van der Waals surface area (Å²) in [6.07, 6.45) is 1.65. The zero-order valence-corrected chi connectivity index (χ0v) is 12.4. The van der Waals surface area contributed by atoms with Crippen LogP contribution in [0.25, 0.3) is 10.9 Å². The predicted molar refractivity (Wildman–Crippen MR) is 83.8 cm³/mol. The van der Waals surface area contributed by atoms with E-state index in [1.165, 1.54) is 12.1 Å². The average molecular weight is 345 g/mol. The molecule has 0 fully saturated rings. The number of anilines is 1. The molecule has 1 amide bonds. The number of rotatable bonds is 2. The van der Waals surface area contributed by atoms with Crippen LogP contribution in [0.5, 0.6) is 0 Å². The van der Waals surface area contributed by atoms with Crippen molar-refractivity contribution in [2.24, 2.45) is 0 Å². The largest absolute Gasteiger partial charge is 0.320 e. The number of aromatic nitrogens is 1. The average Bonchev–Trinajstić information content (AvgIpc) is 2.47. The maximum absolute atomic E-state index is 13.7. The van der Waals surface area contributed by atoms with E-state index in [-0.39, 0.29) is 5.56 Å². The summed E-state index contributed by atoms with van der Waals surface area (Å²) < 4.78 is 14.5. The molecule has 0 unspecified atom stereocenters. The molecule has 0 saturated heterocycles. The highest BCUT2D eigenvalue weighted by atomic mass is 79.9. The van der Waals surface area contributed by atoms with Crippen LogP contribution in [0.4, 0.5) is 10.1 Å². The molecule has 0 aliphatic carbocycles. The summed E-state index contributed by atoms with van der Waals surface area (Å²) in [5.74, 6) is -1.06. The Kier molecular flexibility index (Phi) is 3.66. The maximum Gasteiger partial charge on any atom is 0.258 e. The van der Waals surface area contributed by atoms with Crippen LogP contribution in [0.2, 0.25) is 0 Å². The molecule has 1 heterocycles. The summed E-state index contributed by atoms with van der Waals surface area (Å²) in [6, 6.07) is 13.2. The Labute approximate surface area is 128 Å². The first-order valence-corrected chi connectivity index (χ1v) is 7.04. The van der Waals surface area contributed by atoms with Crippen LogP contribution >= 0.6 is 15.9 Å². The van der Waals surface area contributed by atoms with Crippen molar-refractivity contribution in [3.05, 3.63) is 70.6 Å². The Morgan fingerprint density at radius 2 is 1.95 bits per heavy atom. The van der Waals surface area contributed by atoms with Crippen LogP contribution < -0.4 is 5.32 Å². The molecule has 1 N–H and O–H groups in total. The smallest absolute Gasteiger partial charge is 0.258 e. The van der Waals surface area contributed by atoms with Crippen molar-refractivity contribution in [2.75, 3.05) is 5.32 Å². The molecule has 104 valence electrons. The van der Waals surface area contributed by atoms with Gasteiger partial charge in [-0.25, -0.2) is 4.39 Å². The van der Waals surface area contributed by atoms with Gasteiger partial charge in [0.05, 0.1) is 16.8 Å². The second-order valence-corrected chi connectivity index (χ2v) is 5.38. The molecule has 3 aromatic rings. The van der Waals surface area contributed by atoms with Gasteiger partial charge >= 0.3 is 0 Å². The fourth-order valence-corrected chi connectivity index (χ4v) is 2.56. The zero-order chi connectivity index (χ0) is 14.8. The first-order chi connectivity index (χ1) is 10.1. The number of nitrogens with zero attached hydrogens (tertiary/aromatic N) is 1. The van der Waals surface area contributed by atoms with E-state index >= 15 is 0 Å². The van der Waals surface area contributed by atoms with Gasteiger partial charge in [0.1, 0.15) is 5.82 Å². The summed E-state index contributed by atoms with van der Waals surface area (Å²) in [5.41, 5.74) is 1.19. The van der Waals surface area contributed by atoms with Crippen molar-refractivity contribution >= 4 is 38.4 Å². The minimum Gasteiger partial charge on any atom is -0.320 e. The Morgan fingerprint density at radius 1 is 1.14 bits per heavy atom. The lowest BCUT2D eigenvalue weighted by Gasteiger charge is -2.09. The number of carbonyl (C=O) groups is 1. The van der Waals surface area contributed by atoms with Gasteiger partial charge in [-0.05, 0) is 30.3 Å². The molecule has 0 atom stereocenters. The summed E-state index contributed by atoms with van der Waals surface area (Å²) in [5, 5.41) is 3.60. The van der Waals surface area contributed by atoms with Crippen LogP contribution in [0.15, 0.2) is 59.2 Å². The molecule has 0 radical (unpaired) electrons. The van der Waals surface area contributed by atoms with E-state index in [1.807, 2.05) is 18.2 Å². The number of fused-ring (bicyclic) bond motifs is 1. The molecular formula is C16H10BrFN2O. The van der Waals surface area contributed by atoms with Crippen LogP contribution in [-0.4, -0.2) is 10.9 Å². The Bertz CT molecular complexity index is 835. The van der Waals surface area contributed by atoms with E-state index in [0.29, 0.717) is 11.2 Å². The number of pyridine rings is 1. The fraction of sp³-hybridized carbons (Fsp3) is 0. The summed E-state index contributed by atoms with van der Waals surface area (Å²) in [6.45, 7) is 0. The fourth-order valence-electron chi connectivity index (χ4n) is 2.09. The third-order valence-electron chi connectivity index (χ3n) is 3.04. The van der Waals surface area contributed by atoms with Gasteiger partial charge in [0.2, 0.25) is 0 Å². The highest BCUT2D eigenvalue weighted by molar-refractivity contribution is 9.10. The van der Waals surface area contributed by atoms with Gasteiger partial charge in [0.25, 0.3) is 5.91 Å². The van der Waals surface area contributed by atoms with Gasteiger partial charge in [0, 0.05) is 16.1 Å². The lowest BCUT2D eigenvalue weighted by molar-refractivity contribution is 0.102. The topological polar surface area (TPSA) is 42.0 Å². The lowest BCUT2D eigenvalue weighted by Crippen LogP contribution is -2.14. The van der Waals surface area contributed by atoms with Gasteiger partial charge in [-0.15, -0.1) is 0 Å². The normalized spacial score (nSPS) is 10.6. The number of benzene rings is 2. The third kappa shape index (κ3) is 2.78. The number of halogens is 2. The Hall–Kier alpha value is -2.27. The second-order valence-electron chi connectivity index (χ2n) is 4.46. The highest BCUT2D eigenvalue weighted by Crippen LogP contribution is 2.27. The first kappa shape index (κ1) is 13.7. The lowest BCUT2D eigenvalue weighted by atomic mass is 10.1. The molecule has 5 heteroatoms. The minimum absolute atomic E-state index is 0.00144. The molecule has 0 aliphatic heterocycles. The van der Waals surface area contributed by atoms with E-state index in [4.69, 9.17) is 0 Å². The van der Waals surface area contributed by atoms with Crippen molar-refractivity contribution in [1.82, 2.24) is 4.98 Å². The molecule has 21 heavy (non-hydrogen) atoms. The molecule has 1 aromatic heterocycles. The van der Waals surface area contributed by atoms with Crippen LogP contribution in [0.1, 0.15) is 10.4 Å². The number of carbonyl (C=O) groups excluding carboxylic acids is 1. The molecule has 3 rings (SSSR count). The van der Waals surface area contributed by atoms with Gasteiger partial charge in [-0.3, -0.25) is 9.78 Å². The molecule has 0 spiro atoms. The molecule has 3 nitrogen and oxygen atoms in total.